The van der Waals surface area contributed by atoms with E-state index in [1.807, 2.05) is 72.2 Å². The van der Waals surface area contributed by atoms with Gasteiger partial charge in [-0.1, -0.05) is 30.3 Å². The molecule has 2 amide bonds. The summed E-state index contributed by atoms with van der Waals surface area (Å²) in [7, 11) is 0. The second-order valence-electron chi connectivity index (χ2n) is 8.32. The molecule has 0 aliphatic carbocycles. The molecule has 0 radical (unpaired) electrons. The van der Waals surface area contributed by atoms with Gasteiger partial charge in [0.25, 0.3) is 0 Å². The van der Waals surface area contributed by atoms with Gasteiger partial charge in [-0.2, -0.15) is 5.10 Å². The lowest BCUT2D eigenvalue weighted by Gasteiger charge is -2.30. The van der Waals surface area contributed by atoms with Gasteiger partial charge in [0.15, 0.2) is 0 Å². The van der Waals surface area contributed by atoms with Crippen molar-refractivity contribution in [2.45, 2.75) is 46.3 Å². The first-order chi connectivity index (χ1) is 16.0. The van der Waals surface area contributed by atoms with Crippen molar-refractivity contribution in [3.05, 3.63) is 88.5 Å². The van der Waals surface area contributed by atoms with Crippen LogP contribution in [0.4, 0.5) is 0 Å². The molecule has 3 aromatic rings. The predicted molar refractivity (Wildman–Crippen MR) is 127 cm³/mol. The Morgan fingerprint density at radius 1 is 1.15 bits per heavy atom. The molecule has 2 aromatic heterocycles. The molecule has 4 rings (SSSR count). The average molecular weight is 444 g/mol. The van der Waals surface area contributed by atoms with E-state index in [1.54, 1.807) is 12.2 Å². The van der Waals surface area contributed by atoms with Crippen LogP contribution in [0.1, 0.15) is 40.1 Å². The van der Waals surface area contributed by atoms with Gasteiger partial charge in [0.1, 0.15) is 0 Å². The van der Waals surface area contributed by atoms with Crippen LogP contribution < -0.4 is 5.32 Å². The smallest absolute Gasteiger partial charge is 0.244 e. The van der Waals surface area contributed by atoms with Gasteiger partial charge < -0.3 is 10.2 Å². The number of nitrogens with zero attached hydrogens (tertiary/aromatic N) is 4. The van der Waals surface area contributed by atoms with E-state index in [4.69, 9.17) is 0 Å². The summed E-state index contributed by atoms with van der Waals surface area (Å²) in [6.07, 6.45) is 8.30. The monoisotopic (exact) mass is 443 g/mol. The standard InChI is InChI=1S/C26H29N5O2/c1-19-10-14-31(29-19)15-12-26(33)30-13-11-23-22(18-30)16-27-20(2)24(23)17-28-25(32)9-8-21-6-4-3-5-7-21/h3-10,14,16H,11-13,15,17-18H2,1-2H3,(H,28,32)/b9-8+. The Hall–Kier alpha value is -3.74. The summed E-state index contributed by atoms with van der Waals surface area (Å²) < 4.78 is 1.81. The number of nitrogens with one attached hydrogen (secondary N) is 1. The van der Waals surface area contributed by atoms with E-state index < -0.39 is 0 Å². The van der Waals surface area contributed by atoms with Crippen molar-refractivity contribution < 1.29 is 9.59 Å². The summed E-state index contributed by atoms with van der Waals surface area (Å²) >= 11 is 0. The first-order valence-corrected chi connectivity index (χ1v) is 11.2. The quantitative estimate of drug-likeness (QED) is 0.569. The molecule has 170 valence electrons. The molecular formula is C26H29N5O2. The maximum absolute atomic E-state index is 12.7. The van der Waals surface area contributed by atoms with E-state index in [1.165, 1.54) is 5.56 Å². The third-order valence-corrected chi connectivity index (χ3v) is 5.94. The molecule has 33 heavy (non-hydrogen) atoms. The van der Waals surface area contributed by atoms with Crippen LogP contribution in [0, 0.1) is 13.8 Å². The maximum atomic E-state index is 12.7. The lowest BCUT2D eigenvalue weighted by Crippen LogP contribution is -2.37. The molecule has 0 spiro atoms. The fraction of sp³-hybridized carbons (Fsp3) is 0.308. The third-order valence-electron chi connectivity index (χ3n) is 5.94. The zero-order valence-corrected chi connectivity index (χ0v) is 19.1. The zero-order chi connectivity index (χ0) is 23.2. The molecule has 1 aromatic carbocycles. The minimum Gasteiger partial charge on any atom is -0.348 e. The van der Waals surface area contributed by atoms with Gasteiger partial charge in [0, 0.05) is 56.8 Å². The van der Waals surface area contributed by atoms with Gasteiger partial charge in [-0.05, 0) is 54.7 Å². The number of amides is 2. The molecule has 3 heterocycles. The Bertz CT molecular complexity index is 1170. The minimum absolute atomic E-state index is 0.121. The van der Waals surface area contributed by atoms with Crippen molar-refractivity contribution >= 4 is 17.9 Å². The van der Waals surface area contributed by atoms with E-state index in [0.29, 0.717) is 32.6 Å². The fourth-order valence-corrected chi connectivity index (χ4v) is 4.10. The van der Waals surface area contributed by atoms with Crippen molar-refractivity contribution in [1.82, 2.24) is 25.0 Å². The predicted octanol–water partition coefficient (Wildman–Crippen LogP) is 3.20. The van der Waals surface area contributed by atoms with Gasteiger partial charge >= 0.3 is 0 Å². The number of benzene rings is 1. The first kappa shape index (κ1) is 22.5. The molecular weight excluding hydrogens is 414 g/mol. The van der Waals surface area contributed by atoms with E-state index in [0.717, 1.165) is 34.5 Å². The van der Waals surface area contributed by atoms with Crippen molar-refractivity contribution in [3.8, 4) is 0 Å². The van der Waals surface area contributed by atoms with Crippen LogP contribution in [0.15, 0.2) is 54.9 Å². The fourth-order valence-electron chi connectivity index (χ4n) is 4.10. The van der Waals surface area contributed by atoms with Crippen LogP contribution in [0.2, 0.25) is 0 Å². The number of rotatable bonds is 7. The molecule has 0 bridgehead atoms. The number of carbonyl (C=O) groups excluding carboxylic acids is 2. The number of hydrogen-bond acceptors (Lipinski definition) is 4. The van der Waals surface area contributed by atoms with Crippen LogP contribution >= 0.6 is 0 Å². The molecule has 1 N–H and O–H groups in total. The Kier molecular flexibility index (Phi) is 6.98. The highest BCUT2D eigenvalue weighted by Gasteiger charge is 2.24. The summed E-state index contributed by atoms with van der Waals surface area (Å²) in [4.78, 5) is 31.5. The van der Waals surface area contributed by atoms with Gasteiger partial charge in [-0.3, -0.25) is 19.3 Å². The molecule has 1 aliphatic heterocycles. The molecule has 0 saturated heterocycles. The number of aryl methyl sites for hydroxylation is 3. The Morgan fingerprint density at radius 2 is 1.97 bits per heavy atom. The molecule has 7 heteroatoms. The summed E-state index contributed by atoms with van der Waals surface area (Å²) in [6, 6.07) is 11.7. The Labute approximate surface area is 194 Å². The largest absolute Gasteiger partial charge is 0.348 e. The highest BCUT2D eigenvalue weighted by atomic mass is 16.2. The van der Waals surface area contributed by atoms with Crippen molar-refractivity contribution in [1.29, 1.82) is 0 Å². The summed E-state index contributed by atoms with van der Waals surface area (Å²) in [6.45, 7) is 6.12. The van der Waals surface area contributed by atoms with E-state index in [-0.39, 0.29) is 11.8 Å². The van der Waals surface area contributed by atoms with E-state index in [9.17, 15) is 9.59 Å². The number of hydrogen-bond donors (Lipinski definition) is 1. The molecule has 0 atom stereocenters. The zero-order valence-electron chi connectivity index (χ0n) is 19.1. The highest BCUT2D eigenvalue weighted by Crippen LogP contribution is 2.24. The van der Waals surface area contributed by atoms with E-state index in [2.05, 4.69) is 15.4 Å². The second kappa shape index (κ2) is 10.3. The van der Waals surface area contributed by atoms with Crippen molar-refractivity contribution in [2.75, 3.05) is 6.54 Å². The topological polar surface area (TPSA) is 80.1 Å². The number of fused-ring (bicyclic) bond motifs is 1. The van der Waals surface area contributed by atoms with Crippen molar-refractivity contribution in [2.24, 2.45) is 0 Å². The lowest BCUT2D eigenvalue weighted by atomic mass is 9.94. The van der Waals surface area contributed by atoms with Gasteiger partial charge in [0.2, 0.25) is 11.8 Å². The highest BCUT2D eigenvalue weighted by molar-refractivity contribution is 5.91. The molecule has 0 fully saturated rings. The number of carbonyl (C=O) groups is 2. The van der Waals surface area contributed by atoms with Gasteiger partial charge in [-0.15, -0.1) is 0 Å². The molecule has 7 nitrogen and oxygen atoms in total. The average Bonchev–Trinajstić information content (AvgIpc) is 3.26. The van der Waals surface area contributed by atoms with Crippen LogP contribution in [-0.2, 0) is 35.6 Å². The summed E-state index contributed by atoms with van der Waals surface area (Å²) in [5.74, 6) is -0.0207. The van der Waals surface area contributed by atoms with Gasteiger partial charge in [0.05, 0.1) is 5.69 Å². The summed E-state index contributed by atoms with van der Waals surface area (Å²) in [5, 5.41) is 7.33. The van der Waals surface area contributed by atoms with Crippen LogP contribution in [0.5, 0.6) is 0 Å². The SMILES string of the molecule is Cc1ccn(CCC(=O)N2CCc3c(cnc(C)c3CNC(=O)/C=C/c3ccccc3)C2)n1. The van der Waals surface area contributed by atoms with E-state index >= 15 is 0 Å². The van der Waals surface area contributed by atoms with Crippen molar-refractivity contribution in [3.63, 3.8) is 0 Å². The summed E-state index contributed by atoms with van der Waals surface area (Å²) in [5.41, 5.74) is 6.14. The van der Waals surface area contributed by atoms with Crippen LogP contribution in [0.3, 0.4) is 0 Å². The Balaban J connectivity index is 1.36. The molecule has 0 saturated carbocycles. The minimum atomic E-state index is -0.141. The molecule has 1 aliphatic rings. The van der Waals surface area contributed by atoms with Crippen LogP contribution in [0.25, 0.3) is 6.08 Å². The molecule has 0 unspecified atom stereocenters. The Morgan fingerprint density at radius 3 is 2.73 bits per heavy atom. The maximum Gasteiger partial charge on any atom is 0.244 e. The van der Waals surface area contributed by atoms with Crippen LogP contribution in [-0.4, -0.2) is 38.0 Å². The van der Waals surface area contributed by atoms with Gasteiger partial charge in [-0.25, -0.2) is 0 Å². The number of pyridine rings is 1. The first-order valence-electron chi connectivity index (χ1n) is 11.2. The lowest BCUT2D eigenvalue weighted by molar-refractivity contribution is -0.132. The number of aromatic nitrogens is 3. The third kappa shape index (κ3) is 5.74. The second-order valence-corrected chi connectivity index (χ2v) is 8.32. The normalized spacial score (nSPS) is 13.2.